The van der Waals surface area contributed by atoms with Crippen LogP contribution in [0.3, 0.4) is 0 Å². The predicted molar refractivity (Wildman–Crippen MR) is 94.2 cm³/mol. The second-order valence-electron chi connectivity index (χ2n) is 6.06. The van der Waals surface area contributed by atoms with Crippen molar-refractivity contribution in [2.75, 3.05) is 19.8 Å². The predicted octanol–water partition coefficient (Wildman–Crippen LogP) is 2.64. The third kappa shape index (κ3) is 4.20. The minimum atomic E-state index is -0.526. The standard InChI is InChI=1S/C18H22N2O3S/c1-12-20-16(11-24-12)14-3-2-4-15(9-14)18(22)19-10-17(21)13-5-7-23-8-6-13/h2-4,9,11,13,17,21H,5-8,10H2,1H3,(H,19,22)/t17-/m0/s1. The highest BCUT2D eigenvalue weighted by Crippen LogP contribution is 2.22. The number of amides is 1. The fourth-order valence-corrected chi connectivity index (χ4v) is 3.50. The highest BCUT2D eigenvalue weighted by Gasteiger charge is 2.22. The van der Waals surface area contributed by atoms with Gasteiger partial charge < -0.3 is 15.2 Å². The minimum Gasteiger partial charge on any atom is -0.391 e. The molecule has 0 radical (unpaired) electrons. The lowest BCUT2D eigenvalue weighted by molar-refractivity contribution is 0.00873. The normalized spacial score (nSPS) is 16.8. The van der Waals surface area contributed by atoms with E-state index in [1.165, 1.54) is 0 Å². The first-order valence-corrected chi connectivity index (χ1v) is 9.08. The molecular weight excluding hydrogens is 324 g/mol. The number of carbonyl (C=O) groups is 1. The zero-order chi connectivity index (χ0) is 16.9. The number of hydrogen-bond donors (Lipinski definition) is 2. The molecule has 2 heterocycles. The van der Waals surface area contributed by atoms with Crippen LogP contribution in [0.5, 0.6) is 0 Å². The van der Waals surface area contributed by atoms with Crippen molar-refractivity contribution in [2.24, 2.45) is 5.92 Å². The Bertz CT molecular complexity index is 695. The second kappa shape index (κ2) is 7.88. The monoisotopic (exact) mass is 346 g/mol. The highest BCUT2D eigenvalue weighted by molar-refractivity contribution is 7.09. The van der Waals surface area contributed by atoms with Crippen LogP contribution in [0.4, 0.5) is 0 Å². The summed E-state index contributed by atoms with van der Waals surface area (Å²) in [5, 5.41) is 16.0. The lowest BCUT2D eigenvalue weighted by Gasteiger charge is -2.26. The van der Waals surface area contributed by atoms with E-state index in [9.17, 15) is 9.90 Å². The molecule has 2 N–H and O–H groups in total. The molecule has 1 aromatic carbocycles. The van der Waals surface area contributed by atoms with Gasteiger partial charge in [0.2, 0.25) is 0 Å². The molecule has 0 unspecified atom stereocenters. The van der Waals surface area contributed by atoms with E-state index in [1.807, 2.05) is 30.5 Å². The van der Waals surface area contributed by atoms with Crippen LogP contribution < -0.4 is 5.32 Å². The number of hydrogen-bond acceptors (Lipinski definition) is 5. The van der Waals surface area contributed by atoms with Crippen molar-refractivity contribution in [3.63, 3.8) is 0 Å². The van der Waals surface area contributed by atoms with E-state index in [-0.39, 0.29) is 18.4 Å². The van der Waals surface area contributed by atoms with Gasteiger partial charge in [-0.2, -0.15) is 0 Å². The molecule has 0 bridgehead atoms. The maximum Gasteiger partial charge on any atom is 0.251 e. The number of aliphatic hydroxyl groups excluding tert-OH is 1. The van der Waals surface area contributed by atoms with E-state index >= 15 is 0 Å². The number of aryl methyl sites for hydroxylation is 1. The fourth-order valence-electron chi connectivity index (χ4n) is 2.88. The van der Waals surface area contributed by atoms with Crippen LogP contribution in [0.25, 0.3) is 11.3 Å². The van der Waals surface area contributed by atoms with Gasteiger partial charge in [0.25, 0.3) is 5.91 Å². The summed E-state index contributed by atoms with van der Waals surface area (Å²) in [6.45, 7) is 3.60. The van der Waals surface area contributed by atoms with Gasteiger partial charge in [0, 0.05) is 36.3 Å². The molecule has 2 aromatic rings. The van der Waals surface area contributed by atoms with Gasteiger partial charge in [-0.15, -0.1) is 11.3 Å². The number of nitrogens with one attached hydrogen (secondary N) is 1. The van der Waals surface area contributed by atoms with Crippen molar-refractivity contribution >= 4 is 17.2 Å². The molecule has 6 heteroatoms. The van der Waals surface area contributed by atoms with E-state index in [0.717, 1.165) is 29.1 Å². The molecule has 1 saturated heterocycles. The van der Waals surface area contributed by atoms with E-state index in [2.05, 4.69) is 10.3 Å². The van der Waals surface area contributed by atoms with Gasteiger partial charge in [0.1, 0.15) is 0 Å². The number of rotatable bonds is 5. The van der Waals surface area contributed by atoms with Gasteiger partial charge in [-0.3, -0.25) is 4.79 Å². The van der Waals surface area contributed by atoms with E-state index in [0.29, 0.717) is 18.8 Å². The van der Waals surface area contributed by atoms with E-state index in [4.69, 9.17) is 4.74 Å². The maximum atomic E-state index is 12.4. The summed E-state index contributed by atoms with van der Waals surface area (Å²) in [5.74, 6) is 0.0262. The second-order valence-corrected chi connectivity index (χ2v) is 7.12. The molecule has 1 atom stereocenters. The first-order valence-electron chi connectivity index (χ1n) is 8.20. The third-order valence-electron chi connectivity index (χ3n) is 4.32. The van der Waals surface area contributed by atoms with Crippen molar-refractivity contribution in [3.05, 3.63) is 40.2 Å². The van der Waals surface area contributed by atoms with Gasteiger partial charge >= 0.3 is 0 Å². The van der Waals surface area contributed by atoms with E-state index in [1.54, 1.807) is 17.4 Å². The van der Waals surface area contributed by atoms with Crippen LogP contribution in [0, 0.1) is 12.8 Å². The Morgan fingerprint density at radius 3 is 2.96 bits per heavy atom. The number of aliphatic hydroxyl groups is 1. The molecule has 5 nitrogen and oxygen atoms in total. The minimum absolute atomic E-state index is 0.171. The summed E-state index contributed by atoms with van der Waals surface area (Å²) in [5.41, 5.74) is 2.39. The third-order valence-corrected chi connectivity index (χ3v) is 5.09. The van der Waals surface area contributed by atoms with Crippen molar-refractivity contribution in [2.45, 2.75) is 25.9 Å². The molecular formula is C18H22N2O3S. The van der Waals surface area contributed by atoms with Gasteiger partial charge in [-0.25, -0.2) is 4.98 Å². The largest absolute Gasteiger partial charge is 0.391 e. The van der Waals surface area contributed by atoms with Gasteiger partial charge in [-0.1, -0.05) is 12.1 Å². The van der Waals surface area contributed by atoms with Crippen LogP contribution in [-0.4, -0.2) is 41.9 Å². The SMILES string of the molecule is Cc1nc(-c2cccc(C(=O)NC[C@H](O)C3CCOCC3)c2)cs1. The molecule has 1 fully saturated rings. The maximum absolute atomic E-state index is 12.4. The van der Waals surface area contributed by atoms with Crippen LogP contribution in [0.15, 0.2) is 29.6 Å². The summed E-state index contributed by atoms with van der Waals surface area (Å²) >= 11 is 1.59. The van der Waals surface area contributed by atoms with E-state index < -0.39 is 6.10 Å². The Labute approximate surface area is 145 Å². The van der Waals surface area contributed by atoms with Gasteiger partial charge in [-0.05, 0) is 37.8 Å². The Hall–Kier alpha value is -1.76. The van der Waals surface area contributed by atoms with Crippen molar-refractivity contribution in [1.29, 1.82) is 0 Å². The topological polar surface area (TPSA) is 71.5 Å². The number of carbonyl (C=O) groups excluding carboxylic acids is 1. The van der Waals surface area contributed by atoms with Crippen molar-refractivity contribution in [3.8, 4) is 11.3 Å². The summed E-state index contributed by atoms with van der Waals surface area (Å²) in [6.07, 6.45) is 1.16. The number of nitrogens with zero attached hydrogens (tertiary/aromatic N) is 1. The van der Waals surface area contributed by atoms with Gasteiger partial charge in [0.15, 0.2) is 0 Å². The van der Waals surface area contributed by atoms with Crippen LogP contribution in [-0.2, 0) is 4.74 Å². The summed E-state index contributed by atoms with van der Waals surface area (Å²) < 4.78 is 5.30. The zero-order valence-electron chi connectivity index (χ0n) is 13.7. The summed E-state index contributed by atoms with van der Waals surface area (Å²) in [4.78, 5) is 16.8. The van der Waals surface area contributed by atoms with Crippen molar-refractivity contribution in [1.82, 2.24) is 10.3 Å². The Balaban J connectivity index is 1.60. The van der Waals surface area contributed by atoms with Gasteiger partial charge in [0.05, 0.1) is 16.8 Å². The molecule has 3 rings (SSSR count). The molecule has 1 aromatic heterocycles. The molecule has 0 spiro atoms. The average molecular weight is 346 g/mol. The Morgan fingerprint density at radius 2 is 2.25 bits per heavy atom. The zero-order valence-corrected chi connectivity index (χ0v) is 14.5. The molecule has 1 aliphatic heterocycles. The first kappa shape index (κ1) is 17.1. The average Bonchev–Trinajstić information content (AvgIpc) is 3.06. The quantitative estimate of drug-likeness (QED) is 0.873. The first-order chi connectivity index (χ1) is 11.6. The molecule has 24 heavy (non-hydrogen) atoms. The molecule has 1 aliphatic rings. The smallest absolute Gasteiger partial charge is 0.251 e. The number of aromatic nitrogens is 1. The Kier molecular flexibility index (Phi) is 5.60. The lowest BCUT2D eigenvalue weighted by atomic mass is 9.94. The highest BCUT2D eigenvalue weighted by atomic mass is 32.1. The number of benzene rings is 1. The fraction of sp³-hybridized carbons (Fsp3) is 0.444. The Morgan fingerprint density at radius 1 is 1.46 bits per heavy atom. The van der Waals surface area contributed by atoms with Crippen LogP contribution >= 0.6 is 11.3 Å². The molecule has 1 amide bonds. The molecule has 128 valence electrons. The number of ether oxygens (including phenoxy) is 1. The molecule has 0 saturated carbocycles. The summed E-state index contributed by atoms with van der Waals surface area (Å²) in [6, 6.07) is 7.42. The van der Waals surface area contributed by atoms with Crippen molar-refractivity contribution < 1.29 is 14.6 Å². The van der Waals surface area contributed by atoms with Crippen LogP contribution in [0.2, 0.25) is 0 Å². The number of thiazole rings is 1. The summed E-state index contributed by atoms with van der Waals surface area (Å²) in [7, 11) is 0. The lowest BCUT2D eigenvalue weighted by Crippen LogP contribution is -2.38. The van der Waals surface area contributed by atoms with Crippen LogP contribution in [0.1, 0.15) is 28.2 Å². The molecule has 0 aliphatic carbocycles.